The van der Waals surface area contributed by atoms with Gasteiger partial charge in [-0.3, -0.25) is 4.79 Å². The number of hydrogen-bond acceptors (Lipinski definition) is 3. The van der Waals surface area contributed by atoms with Crippen molar-refractivity contribution in [1.29, 1.82) is 0 Å². The molecule has 36 heavy (non-hydrogen) atoms. The number of carbonyl (C=O) groups excluding carboxylic acids is 1. The lowest BCUT2D eigenvalue weighted by Gasteiger charge is -2.25. The molecule has 188 valence electrons. The monoisotopic (exact) mass is 522 g/mol. The number of amides is 1. The molecular weight excluding hydrogens is 491 g/mol. The zero-order chi connectivity index (χ0) is 25.3. The predicted octanol–water partition coefficient (Wildman–Crippen LogP) is 6.45. The van der Waals surface area contributed by atoms with Crippen molar-refractivity contribution in [3.8, 4) is 5.75 Å². The standard InChI is InChI=1S/C30H32Cl2N2O2/c1-34(19-17-24-8-2-3-9-27(24)31)30(35)26-21-33-18-16-25(26)23-14-12-22(13-15-23)7-6-20-36-29-11-5-4-10-28(29)32/h2-5,8-15,33H,6-7,16-21H2,1H3. The summed E-state index contributed by atoms with van der Waals surface area (Å²) in [6.45, 7) is 2.69. The summed E-state index contributed by atoms with van der Waals surface area (Å²) >= 11 is 12.4. The van der Waals surface area contributed by atoms with Crippen molar-refractivity contribution in [2.24, 2.45) is 0 Å². The Balaban J connectivity index is 1.36. The number of nitrogens with zero attached hydrogens (tertiary/aromatic N) is 1. The van der Waals surface area contributed by atoms with Gasteiger partial charge >= 0.3 is 0 Å². The van der Waals surface area contributed by atoms with Crippen LogP contribution >= 0.6 is 23.2 Å². The number of likely N-dealkylation sites (N-methyl/N-ethyl adjacent to an activating group) is 1. The van der Waals surface area contributed by atoms with E-state index in [1.165, 1.54) is 5.56 Å². The smallest absolute Gasteiger partial charge is 0.251 e. The highest BCUT2D eigenvalue weighted by Crippen LogP contribution is 2.27. The molecule has 0 spiro atoms. The molecule has 0 aromatic heterocycles. The maximum absolute atomic E-state index is 13.3. The molecule has 6 heteroatoms. The van der Waals surface area contributed by atoms with Gasteiger partial charge in [0.15, 0.2) is 0 Å². The maximum atomic E-state index is 13.3. The summed E-state index contributed by atoms with van der Waals surface area (Å²) in [5, 5.41) is 4.75. The third-order valence-electron chi connectivity index (χ3n) is 6.50. The average Bonchev–Trinajstić information content (AvgIpc) is 2.91. The zero-order valence-corrected chi connectivity index (χ0v) is 22.1. The number of carbonyl (C=O) groups is 1. The summed E-state index contributed by atoms with van der Waals surface area (Å²) in [5.74, 6) is 0.798. The average molecular weight is 524 g/mol. The lowest BCUT2D eigenvalue weighted by Crippen LogP contribution is -2.36. The van der Waals surface area contributed by atoms with Crippen LogP contribution in [0.25, 0.3) is 5.57 Å². The number of rotatable bonds is 10. The van der Waals surface area contributed by atoms with Crippen LogP contribution < -0.4 is 10.1 Å². The molecule has 1 heterocycles. The molecule has 0 aliphatic carbocycles. The van der Waals surface area contributed by atoms with E-state index in [1.54, 1.807) is 4.90 Å². The third-order valence-corrected chi connectivity index (χ3v) is 7.18. The molecule has 4 rings (SSSR count). The summed E-state index contributed by atoms with van der Waals surface area (Å²) in [5.41, 5.74) is 5.42. The van der Waals surface area contributed by atoms with Gasteiger partial charge in [-0.15, -0.1) is 0 Å². The zero-order valence-electron chi connectivity index (χ0n) is 20.6. The molecule has 1 aliphatic rings. The van der Waals surface area contributed by atoms with E-state index in [4.69, 9.17) is 27.9 Å². The quantitative estimate of drug-likeness (QED) is 0.311. The maximum Gasteiger partial charge on any atom is 0.251 e. The number of halogens is 2. The highest BCUT2D eigenvalue weighted by molar-refractivity contribution is 6.32. The second kappa shape index (κ2) is 13.0. The first kappa shape index (κ1) is 26.3. The van der Waals surface area contributed by atoms with Gasteiger partial charge in [0.25, 0.3) is 5.91 Å². The molecule has 1 amide bonds. The van der Waals surface area contributed by atoms with Crippen molar-refractivity contribution < 1.29 is 9.53 Å². The SMILES string of the molecule is CN(CCc1ccccc1Cl)C(=O)C1=C(c2ccc(CCCOc3ccccc3Cl)cc2)CCNC1. The molecule has 0 fully saturated rings. The van der Waals surface area contributed by atoms with Gasteiger partial charge in [0.05, 0.1) is 11.6 Å². The fraction of sp³-hybridized carbons (Fsp3) is 0.300. The Morgan fingerprint density at radius 1 is 0.944 bits per heavy atom. The fourth-order valence-electron chi connectivity index (χ4n) is 4.42. The van der Waals surface area contributed by atoms with E-state index in [0.29, 0.717) is 24.7 Å². The van der Waals surface area contributed by atoms with Gasteiger partial charge in [0, 0.05) is 30.7 Å². The first-order valence-corrected chi connectivity index (χ1v) is 13.2. The van der Waals surface area contributed by atoms with Crippen LogP contribution in [0.1, 0.15) is 29.5 Å². The predicted molar refractivity (Wildman–Crippen MR) is 149 cm³/mol. The third kappa shape index (κ3) is 6.91. The number of benzene rings is 3. The van der Waals surface area contributed by atoms with E-state index in [9.17, 15) is 4.79 Å². The van der Waals surface area contributed by atoms with Gasteiger partial charge < -0.3 is 15.0 Å². The van der Waals surface area contributed by atoms with E-state index >= 15 is 0 Å². The van der Waals surface area contributed by atoms with Crippen LogP contribution in [-0.2, 0) is 17.6 Å². The Morgan fingerprint density at radius 3 is 2.42 bits per heavy atom. The van der Waals surface area contributed by atoms with Gasteiger partial charge in [-0.2, -0.15) is 0 Å². The summed E-state index contributed by atoms with van der Waals surface area (Å²) < 4.78 is 5.80. The van der Waals surface area contributed by atoms with Gasteiger partial charge in [-0.05, 0) is 72.7 Å². The van der Waals surface area contributed by atoms with Crippen molar-refractivity contribution in [3.63, 3.8) is 0 Å². The topological polar surface area (TPSA) is 41.6 Å². The van der Waals surface area contributed by atoms with Crippen molar-refractivity contribution in [1.82, 2.24) is 10.2 Å². The molecule has 0 bridgehead atoms. The Labute approximate surface area is 223 Å². The van der Waals surface area contributed by atoms with E-state index in [2.05, 4.69) is 29.6 Å². The largest absolute Gasteiger partial charge is 0.492 e. The van der Waals surface area contributed by atoms with Crippen molar-refractivity contribution >= 4 is 34.7 Å². The number of para-hydroxylation sites is 1. The molecule has 1 N–H and O–H groups in total. The first-order valence-electron chi connectivity index (χ1n) is 12.4. The molecule has 3 aromatic carbocycles. The van der Waals surface area contributed by atoms with Crippen LogP contribution in [0.15, 0.2) is 78.4 Å². The van der Waals surface area contributed by atoms with Crippen LogP contribution in [-0.4, -0.2) is 44.1 Å². The minimum absolute atomic E-state index is 0.0741. The second-order valence-corrected chi connectivity index (χ2v) is 9.85. The van der Waals surface area contributed by atoms with Crippen molar-refractivity contribution in [2.45, 2.75) is 25.7 Å². The minimum Gasteiger partial charge on any atom is -0.492 e. The molecule has 3 aromatic rings. The molecular formula is C30H32Cl2N2O2. The Hall–Kier alpha value is -2.79. The number of aryl methyl sites for hydroxylation is 1. The molecule has 0 saturated heterocycles. The second-order valence-electron chi connectivity index (χ2n) is 9.03. The minimum atomic E-state index is 0.0741. The van der Waals surface area contributed by atoms with Crippen LogP contribution in [0, 0.1) is 0 Å². The van der Waals surface area contributed by atoms with Gasteiger partial charge in [0.2, 0.25) is 0 Å². The summed E-state index contributed by atoms with van der Waals surface area (Å²) in [6, 6.07) is 23.9. The van der Waals surface area contributed by atoms with Gasteiger partial charge in [-0.25, -0.2) is 0 Å². The van der Waals surface area contributed by atoms with E-state index in [-0.39, 0.29) is 5.91 Å². The van der Waals surface area contributed by atoms with Gasteiger partial charge in [0.1, 0.15) is 5.75 Å². The van der Waals surface area contributed by atoms with Crippen LogP contribution in [0.3, 0.4) is 0 Å². The highest BCUT2D eigenvalue weighted by Gasteiger charge is 2.22. The summed E-state index contributed by atoms with van der Waals surface area (Å²) in [4.78, 5) is 15.1. The normalized spacial score (nSPS) is 13.5. The van der Waals surface area contributed by atoms with Crippen molar-refractivity contribution in [3.05, 3.63) is 105 Å². The molecule has 0 atom stereocenters. The first-order chi connectivity index (χ1) is 17.5. The molecule has 1 aliphatic heterocycles. The number of nitrogens with one attached hydrogen (secondary N) is 1. The van der Waals surface area contributed by atoms with E-state index in [0.717, 1.165) is 65.3 Å². The lowest BCUT2D eigenvalue weighted by atomic mass is 9.92. The van der Waals surface area contributed by atoms with Crippen LogP contribution in [0.2, 0.25) is 10.0 Å². The molecule has 4 nitrogen and oxygen atoms in total. The fourth-order valence-corrected chi connectivity index (χ4v) is 4.84. The van der Waals surface area contributed by atoms with E-state index < -0.39 is 0 Å². The number of ether oxygens (including phenoxy) is 1. The lowest BCUT2D eigenvalue weighted by molar-refractivity contribution is -0.125. The van der Waals surface area contributed by atoms with E-state index in [1.807, 2.05) is 55.6 Å². The van der Waals surface area contributed by atoms with Crippen LogP contribution in [0.4, 0.5) is 0 Å². The number of hydrogen-bond donors (Lipinski definition) is 1. The Kier molecular flexibility index (Phi) is 9.46. The molecule has 0 unspecified atom stereocenters. The molecule has 0 radical (unpaired) electrons. The summed E-state index contributed by atoms with van der Waals surface area (Å²) in [6.07, 6.45) is 3.39. The van der Waals surface area contributed by atoms with Gasteiger partial charge in [-0.1, -0.05) is 77.8 Å². The van der Waals surface area contributed by atoms with Crippen LogP contribution in [0.5, 0.6) is 5.75 Å². The Bertz CT molecular complexity index is 1210. The van der Waals surface area contributed by atoms with Crippen molar-refractivity contribution in [2.75, 3.05) is 33.3 Å². The summed E-state index contributed by atoms with van der Waals surface area (Å²) in [7, 11) is 1.87. The highest BCUT2D eigenvalue weighted by atomic mass is 35.5. The molecule has 0 saturated carbocycles. The Morgan fingerprint density at radius 2 is 1.67 bits per heavy atom.